The van der Waals surface area contributed by atoms with Gasteiger partial charge in [-0.25, -0.2) is 27.2 Å². The third-order valence-corrected chi connectivity index (χ3v) is 7.56. The molecule has 1 N–H and O–H groups in total. The number of alkyl halides is 4. The molecule has 0 saturated carbocycles. The van der Waals surface area contributed by atoms with E-state index in [0.717, 1.165) is 47.2 Å². The molecule has 0 aliphatic carbocycles. The van der Waals surface area contributed by atoms with Crippen LogP contribution in [0.4, 0.5) is 22.0 Å². The van der Waals surface area contributed by atoms with Gasteiger partial charge in [0.1, 0.15) is 29.5 Å². The molecule has 0 radical (unpaired) electrons. The van der Waals surface area contributed by atoms with Gasteiger partial charge in [0, 0.05) is 24.7 Å². The zero-order valence-electron chi connectivity index (χ0n) is 19.2. The van der Waals surface area contributed by atoms with Crippen molar-refractivity contribution in [1.82, 2.24) is 24.6 Å². The molecule has 2 aromatic heterocycles. The van der Waals surface area contributed by atoms with Crippen molar-refractivity contribution in [3.63, 3.8) is 0 Å². The van der Waals surface area contributed by atoms with Gasteiger partial charge in [0.05, 0.1) is 22.8 Å². The van der Waals surface area contributed by atoms with E-state index >= 15 is 0 Å². The first-order chi connectivity index (χ1) is 17.3. The Morgan fingerprint density at radius 1 is 1.14 bits per heavy atom. The van der Waals surface area contributed by atoms with Crippen molar-refractivity contribution < 1.29 is 35.2 Å². The molecule has 2 atom stereocenters. The number of sulfonamides is 1. The van der Waals surface area contributed by atoms with E-state index in [1.165, 1.54) is 19.1 Å². The Morgan fingerprint density at radius 3 is 2.46 bits per heavy atom. The molecule has 3 aromatic rings. The third kappa shape index (κ3) is 5.91. The van der Waals surface area contributed by atoms with Crippen molar-refractivity contribution in [2.24, 2.45) is 0 Å². The Balaban J connectivity index is 1.49. The van der Waals surface area contributed by atoms with E-state index in [1.54, 1.807) is 0 Å². The summed E-state index contributed by atoms with van der Waals surface area (Å²) in [6.07, 6.45) is -2.83. The summed E-state index contributed by atoms with van der Waals surface area (Å²) in [5.41, 5.74) is -2.24. The molecule has 1 unspecified atom stereocenters. The fourth-order valence-corrected chi connectivity index (χ4v) is 5.58. The number of hydrogen-bond donors (Lipinski definition) is 1. The van der Waals surface area contributed by atoms with E-state index < -0.39 is 58.3 Å². The number of amides is 1. The molecule has 8 nitrogen and oxygen atoms in total. The van der Waals surface area contributed by atoms with E-state index in [2.05, 4.69) is 20.3 Å². The number of nitrogens with zero attached hydrogens (tertiary/aromatic N) is 4. The second-order valence-electron chi connectivity index (χ2n) is 8.68. The predicted molar refractivity (Wildman–Crippen MR) is 120 cm³/mol. The summed E-state index contributed by atoms with van der Waals surface area (Å²) in [6, 6.07) is 6.02. The summed E-state index contributed by atoms with van der Waals surface area (Å²) < 4.78 is 93.2. The molecule has 1 aromatic carbocycles. The van der Waals surface area contributed by atoms with E-state index in [0.29, 0.717) is 0 Å². The lowest BCUT2D eigenvalue weighted by Crippen LogP contribution is -2.45. The minimum Gasteiger partial charge on any atom is -0.349 e. The quantitative estimate of drug-likeness (QED) is 0.479. The van der Waals surface area contributed by atoms with Crippen LogP contribution in [0.1, 0.15) is 24.7 Å². The van der Waals surface area contributed by atoms with Gasteiger partial charge < -0.3 is 5.32 Å². The van der Waals surface area contributed by atoms with Gasteiger partial charge in [-0.2, -0.15) is 17.5 Å². The molecule has 1 aliphatic rings. The second kappa shape index (κ2) is 9.74. The van der Waals surface area contributed by atoms with Crippen molar-refractivity contribution in [1.29, 1.82) is 0 Å². The van der Waals surface area contributed by atoms with Gasteiger partial charge in [0.25, 0.3) is 0 Å². The first-order valence-electron chi connectivity index (χ1n) is 10.8. The number of hydrogen-bond acceptors (Lipinski definition) is 6. The molecule has 1 saturated heterocycles. The molecule has 3 heterocycles. The number of carbonyl (C=O) groups excluding carboxylic acids is 1. The number of carbonyl (C=O) groups is 1. The van der Waals surface area contributed by atoms with Gasteiger partial charge in [-0.15, -0.1) is 0 Å². The molecule has 1 fully saturated rings. The third-order valence-electron chi connectivity index (χ3n) is 5.69. The maximum absolute atomic E-state index is 14.8. The average molecular weight is 542 g/mol. The van der Waals surface area contributed by atoms with Crippen LogP contribution in [0, 0.1) is 5.82 Å². The fraction of sp³-hybridized carbons (Fsp3) is 0.304. The SMILES string of the molecule is CC1(F)C[C@@H](C(=O)NCc2cc(-c3ccc(C(F)(F)F)nc3)ncn2)N(S(=O)(=O)c2ccc(F)cc2)C1. The van der Waals surface area contributed by atoms with E-state index in [-0.39, 0.29) is 28.4 Å². The highest BCUT2D eigenvalue weighted by Crippen LogP contribution is 2.35. The highest BCUT2D eigenvalue weighted by Gasteiger charge is 2.49. The van der Waals surface area contributed by atoms with Crippen molar-refractivity contribution in [2.75, 3.05) is 6.54 Å². The number of aromatic nitrogens is 3. The van der Waals surface area contributed by atoms with E-state index in [1.807, 2.05) is 0 Å². The molecule has 196 valence electrons. The summed E-state index contributed by atoms with van der Waals surface area (Å²) in [5.74, 6) is -1.43. The molecule has 4 rings (SSSR count). The van der Waals surface area contributed by atoms with Crippen LogP contribution < -0.4 is 5.32 Å². The first kappa shape index (κ1) is 26.5. The van der Waals surface area contributed by atoms with Crippen LogP contribution >= 0.6 is 0 Å². The summed E-state index contributed by atoms with van der Waals surface area (Å²) in [5, 5.41) is 2.52. The van der Waals surface area contributed by atoms with Crippen LogP contribution in [0.3, 0.4) is 0 Å². The van der Waals surface area contributed by atoms with Crippen LogP contribution in [-0.4, -0.2) is 51.8 Å². The zero-order valence-corrected chi connectivity index (χ0v) is 20.0. The monoisotopic (exact) mass is 541 g/mol. The molecule has 37 heavy (non-hydrogen) atoms. The van der Waals surface area contributed by atoms with E-state index in [9.17, 15) is 35.2 Å². The fourth-order valence-electron chi connectivity index (χ4n) is 3.88. The summed E-state index contributed by atoms with van der Waals surface area (Å²) >= 11 is 0. The van der Waals surface area contributed by atoms with Crippen LogP contribution in [0.15, 0.2) is 59.9 Å². The molecule has 1 amide bonds. The molecular weight excluding hydrogens is 521 g/mol. The maximum Gasteiger partial charge on any atom is 0.433 e. The van der Waals surface area contributed by atoms with E-state index in [4.69, 9.17) is 0 Å². The number of nitrogens with one attached hydrogen (secondary N) is 1. The average Bonchev–Trinajstić information content (AvgIpc) is 3.19. The predicted octanol–water partition coefficient (Wildman–Crippen LogP) is 3.50. The number of pyridine rings is 1. The molecule has 0 spiro atoms. The number of rotatable bonds is 6. The summed E-state index contributed by atoms with van der Waals surface area (Å²) in [6.45, 7) is 0.429. The largest absolute Gasteiger partial charge is 0.433 e. The van der Waals surface area contributed by atoms with Crippen molar-refractivity contribution in [3.8, 4) is 11.3 Å². The lowest BCUT2D eigenvalue weighted by Gasteiger charge is -2.23. The highest BCUT2D eigenvalue weighted by atomic mass is 32.2. The minimum atomic E-state index is -4.59. The van der Waals surface area contributed by atoms with Gasteiger partial charge in [-0.05, 0) is 49.4 Å². The smallest absolute Gasteiger partial charge is 0.349 e. The zero-order chi connectivity index (χ0) is 27.0. The Bertz CT molecular complexity index is 1400. The standard InChI is InChI=1S/C23H20F5N5O3S/c1-22(25)9-19(33(12-22)37(35,36)17-5-3-15(24)4-6-17)21(34)30-11-16-8-18(32-13-31-16)14-2-7-20(29-10-14)23(26,27)28/h2-8,10,13,19H,9,11-12H2,1H3,(H,30,34)/t19-,22?/m0/s1. The van der Waals surface area contributed by atoms with Crippen molar-refractivity contribution in [2.45, 2.75) is 42.7 Å². The Hall–Kier alpha value is -3.52. The van der Waals surface area contributed by atoms with Crippen LogP contribution in [0.25, 0.3) is 11.3 Å². The highest BCUT2D eigenvalue weighted by molar-refractivity contribution is 7.89. The van der Waals surface area contributed by atoms with Crippen LogP contribution in [0.5, 0.6) is 0 Å². The molecule has 14 heteroatoms. The van der Waals surface area contributed by atoms with Crippen LogP contribution in [0.2, 0.25) is 0 Å². The number of benzene rings is 1. The Morgan fingerprint density at radius 2 is 1.84 bits per heavy atom. The molecule has 1 aliphatic heterocycles. The van der Waals surface area contributed by atoms with Gasteiger partial charge in [0.2, 0.25) is 15.9 Å². The van der Waals surface area contributed by atoms with Gasteiger partial charge >= 0.3 is 6.18 Å². The first-order valence-corrected chi connectivity index (χ1v) is 12.3. The normalized spacial score (nSPS) is 20.6. The lowest BCUT2D eigenvalue weighted by atomic mass is 10.0. The molecule has 0 bridgehead atoms. The number of halogens is 5. The van der Waals surface area contributed by atoms with Gasteiger partial charge in [0.15, 0.2) is 0 Å². The Labute approximate surface area is 208 Å². The second-order valence-corrected chi connectivity index (χ2v) is 10.6. The Kier molecular flexibility index (Phi) is 6.99. The maximum atomic E-state index is 14.8. The molecular formula is C23H20F5N5O3S. The summed E-state index contributed by atoms with van der Waals surface area (Å²) in [7, 11) is -4.31. The van der Waals surface area contributed by atoms with Crippen LogP contribution in [-0.2, 0) is 27.5 Å². The summed E-state index contributed by atoms with van der Waals surface area (Å²) in [4.78, 5) is 24.0. The van der Waals surface area contributed by atoms with Gasteiger partial charge in [-0.3, -0.25) is 9.78 Å². The lowest BCUT2D eigenvalue weighted by molar-refractivity contribution is -0.141. The van der Waals surface area contributed by atoms with Crippen molar-refractivity contribution >= 4 is 15.9 Å². The minimum absolute atomic E-state index is 0.188. The topological polar surface area (TPSA) is 105 Å². The van der Waals surface area contributed by atoms with Crippen molar-refractivity contribution in [3.05, 3.63) is 72.2 Å². The van der Waals surface area contributed by atoms with Gasteiger partial charge in [-0.1, -0.05) is 0 Å².